The normalized spacial score (nSPS) is 12.1. The first-order chi connectivity index (χ1) is 5.81. The fourth-order valence-corrected chi connectivity index (χ4v) is 1.21. The van der Waals surface area contributed by atoms with Crippen LogP contribution in [0.1, 0.15) is 58.8 Å². The monoisotopic (exact) mass is 167 g/mol. The van der Waals surface area contributed by atoms with Gasteiger partial charge in [0.15, 0.2) is 0 Å². The molecule has 0 nitrogen and oxygen atoms in total. The van der Waals surface area contributed by atoms with Crippen molar-refractivity contribution in [2.24, 2.45) is 0 Å². The maximum Gasteiger partial charge on any atom is -0.0283 e. The molecule has 0 fully saturated rings. The van der Waals surface area contributed by atoms with Gasteiger partial charge in [0.25, 0.3) is 0 Å². The molecule has 0 amide bonds. The first-order valence-corrected chi connectivity index (χ1v) is 5.32. The number of unbranched alkanes of at least 4 members (excludes halogenated alkanes) is 4. The molecule has 0 unspecified atom stereocenters. The van der Waals surface area contributed by atoms with E-state index in [2.05, 4.69) is 26.8 Å². The molecule has 71 valence electrons. The van der Waals surface area contributed by atoms with Gasteiger partial charge in [-0.3, -0.25) is 0 Å². The molecule has 0 aromatic heterocycles. The molecule has 0 aliphatic heterocycles. The number of hydrogen-bond donors (Lipinski definition) is 0. The van der Waals surface area contributed by atoms with Crippen LogP contribution in [0, 0.1) is 6.92 Å². The smallest absolute Gasteiger partial charge is 0.0283 e. The van der Waals surface area contributed by atoms with Crippen molar-refractivity contribution in [1.29, 1.82) is 0 Å². The van der Waals surface area contributed by atoms with Gasteiger partial charge < -0.3 is 0 Å². The van der Waals surface area contributed by atoms with Gasteiger partial charge in [-0.1, -0.05) is 44.8 Å². The van der Waals surface area contributed by atoms with Gasteiger partial charge in [-0.15, -0.1) is 0 Å². The van der Waals surface area contributed by atoms with Crippen molar-refractivity contribution in [1.82, 2.24) is 0 Å². The summed E-state index contributed by atoms with van der Waals surface area (Å²) < 4.78 is 0. The van der Waals surface area contributed by atoms with E-state index in [1.807, 2.05) is 0 Å². The molecule has 0 N–H and O–H groups in total. The van der Waals surface area contributed by atoms with Gasteiger partial charge in [0.1, 0.15) is 0 Å². The molecule has 0 aromatic carbocycles. The standard InChI is InChI=1S/C12H23/c1-4-6-8-9-11-12(3)10-7-5-2/h11H,3-10H2,1-2H3. The Balaban J connectivity index is 3.28. The van der Waals surface area contributed by atoms with Crippen molar-refractivity contribution in [2.75, 3.05) is 0 Å². The van der Waals surface area contributed by atoms with E-state index in [1.54, 1.807) is 0 Å². The highest BCUT2D eigenvalue weighted by Gasteiger charge is 1.89. The van der Waals surface area contributed by atoms with E-state index in [0.717, 1.165) is 0 Å². The van der Waals surface area contributed by atoms with E-state index in [1.165, 1.54) is 50.5 Å². The third-order valence-electron chi connectivity index (χ3n) is 2.09. The van der Waals surface area contributed by atoms with E-state index < -0.39 is 0 Å². The third kappa shape index (κ3) is 7.84. The summed E-state index contributed by atoms with van der Waals surface area (Å²) in [7, 11) is 0. The molecule has 0 saturated carbocycles. The zero-order valence-corrected chi connectivity index (χ0v) is 8.73. The van der Waals surface area contributed by atoms with E-state index in [-0.39, 0.29) is 0 Å². The molecule has 0 aliphatic rings. The summed E-state index contributed by atoms with van der Waals surface area (Å²) in [4.78, 5) is 0. The summed E-state index contributed by atoms with van der Waals surface area (Å²) in [6, 6.07) is 0. The van der Waals surface area contributed by atoms with Crippen LogP contribution in [0.5, 0.6) is 0 Å². The van der Waals surface area contributed by atoms with Crippen molar-refractivity contribution in [2.45, 2.75) is 58.8 Å². The summed E-state index contributed by atoms with van der Waals surface area (Å²) in [5, 5.41) is 0. The Bertz CT molecular complexity index is 111. The van der Waals surface area contributed by atoms with Gasteiger partial charge in [0.2, 0.25) is 0 Å². The van der Waals surface area contributed by atoms with Crippen LogP contribution < -0.4 is 0 Å². The summed E-state index contributed by atoms with van der Waals surface area (Å²) in [5.74, 6) is 0. The van der Waals surface area contributed by atoms with Crippen LogP contribution in [0.3, 0.4) is 0 Å². The Labute approximate surface area is 78.1 Å². The predicted molar refractivity (Wildman–Crippen MR) is 57.1 cm³/mol. The Kier molecular flexibility index (Phi) is 8.64. The van der Waals surface area contributed by atoms with Gasteiger partial charge in [-0.25, -0.2) is 0 Å². The Morgan fingerprint density at radius 1 is 1.08 bits per heavy atom. The van der Waals surface area contributed by atoms with E-state index in [4.69, 9.17) is 0 Å². The first kappa shape index (κ1) is 11.7. The topological polar surface area (TPSA) is 0 Å². The molecule has 0 spiro atoms. The Hall–Kier alpha value is -0.260. The second kappa shape index (κ2) is 8.83. The molecule has 0 rings (SSSR count). The van der Waals surface area contributed by atoms with Gasteiger partial charge in [-0.05, 0) is 32.6 Å². The molecule has 0 aliphatic carbocycles. The lowest BCUT2D eigenvalue weighted by Crippen LogP contribution is -1.79. The van der Waals surface area contributed by atoms with Crippen molar-refractivity contribution in [3.63, 3.8) is 0 Å². The molecule has 1 radical (unpaired) electrons. The molecular formula is C12H23. The highest BCUT2D eigenvalue weighted by molar-refractivity contribution is 5.04. The minimum Gasteiger partial charge on any atom is -0.0853 e. The van der Waals surface area contributed by atoms with Crippen molar-refractivity contribution >= 4 is 0 Å². The fourth-order valence-electron chi connectivity index (χ4n) is 1.21. The minimum absolute atomic E-state index is 1.20. The largest absolute Gasteiger partial charge is 0.0853 e. The van der Waals surface area contributed by atoms with Crippen LogP contribution in [0.25, 0.3) is 0 Å². The number of allylic oxidation sites excluding steroid dienone is 2. The summed E-state index contributed by atoms with van der Waals surface area (Å²) in [5.41, 5.74) is 1.34. The zero-order valence-electron chi connectivity index (χ0n) is 8.73. The molecule has 0 aromatic rings. The van der Waals surface area contributed by atoms with E-state index in [0.29, 0.717) is 0 Å². The minimum atomic E-state index is 1.20. The molecule has 0 heteroatoms. The van der Waals surface area contributed by atoms with E-state index >= 15 is 0 Å². The maximum absolute atomic E-state index is 4.03. The molecule has 0 atom stereocenters. The third-order valence-corrected chi connectivity index (χ3v) is 2.09. The van der Waals surface area contributed by atoms with E-state index in [9.17, 15) is 0 Å². The molecule has 0 bridgehead atoms. The molecule has 12 heavy (non-hydrogen) atoms. The van der Waals surface area contributed by atoms with Crippen LogP contribution >= 0.6 is 0 Å². The summed E-state index contributed by atoms with van der Waals surface area (Å²) in [6.45, 7) is 8.50. The van der Waals surface area contributed by atoms with Gasteiger partial charge >= 0.3 is 0 Å². The van der Waals surface area contributed by atoms with Crippen molar-refractivity contribution in [3.05, 3.63) is 18.6 Å². The van der Waals surface area contributed by atoms with Crippen LogP contribution in [0.4, 0.5) is 0 Å². The predicted octanol–water partition coefficient (Wildman–Crippen LogP) is 4.52. The van der Waals surface area contributed by atoms with Crippen molar-refractivity contribution < 1.29 is 0 Å². The first-order valence-electron chi connectivity index (χ1n) is 5.32. The second-order valence-corrected chi connectivity index (χ2v) is 3.46. The van der Waals surface area contributed by atoms with Gasteiger partial charge in [0.05, 0.1) is 0 Å². The lowest BCUT2D eigenvalue weighted by Gasteiger charge is -1.99. The average Bonchev–Trinajstić information content (AvgIpc) is 2.09. The van der Waals surface area contributed by atoms with Crippen LogP contribution in [-0.4, -0.2) is 0 Å². The number of hydrogen-bond acceptors (Lipinski definition) is 0. The lowest BCUT2D eigenvalue weighted by atomic mass is 10.1. The van der Waals surface area contributed by atoms with Crippen LogP contribution in [-0.2, 0) is 0 Å². The zero-order chi connectivity index (χ0) is 9.23. The second-order valence-electron chi connectivity index (χ2n) is 3.46. The van der Waals surface area contributed by atoms with Crippen molar-refractivity contribution in [3.8, 4) is 0 Å². The molecule has 0 heterocycles. The quantitative estimate of drug-likeness (QED) is 0.489. The highest BCUT2D eigenvalue weighted by Crippen LogP contribution is 2.08. The fraction of sp³-hybridized carbons (Fsp3) is 0.750. The lowest BCUT2D eigenvalue weighted by molar-refractivity contribution is 0.723. The molecular weight excluding hydrogens is 144 g/mol. The SMILES string of the molecule is [CH2]C(=CCCCCC)CCCC. The van der Waals surface area contributed by atoms with Crippen LogP contribution in [0.2, 0.25) is 0 Å². The Morgan fingerprint density at radius 3 is 2.33 bits per heavy atom. The number of rotatable bonds is 7. The van der Waals surface area contributed by atoms with Gasteiger partial charge in [0, 0.05) is 0 Å². The maximum atomic E-state index is 4.03. The summed E-state index contributed by atoms with van der Waals surface area (Å²) in [6.07, 6.45) is 11.3. The summed E-state index contributed by atoms with van der Waals surface area (Å²) >= 11 is 0. The Morgan fingerprint density at radius 2 is 1.75 bits per heavy atom. The highest BCUT2D eigenvalue weighted by atomic mass is 14.0. The molecule has 0 saturated heterocycles. The average molecular weight is 167 g/mol. The van der Waals surface area contributed by atoms with Crippen LogP contribution in [0.15, 0.2) is 11.6 Å². The van der Waals surface area contributed by atoms with Gasteiger partial charge in [-0.2, -0.15) is 0 Å².